The van der Waals surface area contributed by atoms with E-state index < -0.39 is 0 Å². The normalized spacial score (nSPS) is 9.73. The van der Waals surface area contributed by atoms with E-state index in [0.29, 0.717) is 25.6 Å². The minimum Gasteiger partial charge on any atom is -0.383 e. The Morgan fingerprint density at radius 1 is 1.13 bits per heavy atom. The fourth-order valence-corrected chi connectivity index (χ4v) is 1.04. The van der Waals surface area contributed by atoms with E-state index in [-0.39, 0.29) is 24.7 Å². The predicted octanol–water partition coefficient (Wildman–Crippen LogP) is -0.116. The Labute approximate surface area is 94.5 Å². The van der Waals surface area contributed by atoms with E-state index in [2.05, 4.69) is 10.6 Å². The molecule has 0 aromatic heterocycles. The van der Waals surface area contributed by atoms with Crippen molar-refractivity contribution >= 4 is 23.4 Å². The monoisotopic (exact) mass is 236 g/mol. The Bertz CT molecular complexity index is 200. The number of carbonyl (C=O) groups is 2. The second kappa shape index (κ2) is 9.73. The summed E-state index contributed by atoms with van der Waals surface area (Å²) in [7, 11) is 1.57. The molecule has 0 atom stereocenters. The fourth-order valence-electron chi connectivity index (χ4n) is 0.871. The molecule has 0 heterocycles. The van der Waals surface area contributed by atoms with Crippen molar-refractivity contribution in [3.05, 3.63) is 0 Å². The lowest BCUT2D eigenvalue weighted by molar-refractivity contribution is -0.122. The van der Waals surface area contributed by atoms with Gasteiger partial charge < -0.3 is 15.4 Å². The highest BCUT2D eigenvalue weighted by atomic mass is 35.5. The van der Waals surface area contributed by atoms with Crippen LogP contribution in [0.3, 0.4) is 0 Å². The lowest BCUT2D eigenvalue weighted by Gasteiger charge is -2.05. The summed E-state index contributed by atoms with van der Waals surface area (Å²) in [5.41, 5.74) is 0. The molecule has 0 radical (unpaired) electrons. The maximum atomic E-state index is 11.1. The summed E-state index contributed by atoms with van der Waals surface area (Å²) in [6.07, 6.45) is 0.560. The molecule has 0 aromatic rings. The van der Waals surface area contributed by atoms with Crippen molar-refractivity contribution < 1.29 is 14.3 Å². The van der Waals surface area contributed by atoms with E-state index >= 15 is 0 Å². The van der Waals surface area contributed by atoms with Crippen LogP contribution in [0.1, 0.15) is 12.8 Å². The highest BCUT2D eigenvalue weighted by Gasteiger charge is 2.02. The summed E-state index contributed by atoms with van der Waals surface area (Å²) in [5.74, 6) is 0.0687. The smallest absolute Gasteiger partial charge is 0.221 e. The highest BCUT2D eigenvalue weighted by Crippen LogP contribution is 1.84. The molecule has 88 valence electrons. The van der Waals surface area contributed by atoms with E-state index in [1.807, 2.05) is 0 Å². The third-order valence-corrected chi connectivity index (χ3v) is 1.81. The molecule has 0 saturated heterocycles. The summed E-state index contributed by atoms with van der Waals surface area (Å²) in [6, 6.07) is 0. The van der Waals surface area contributed by atoms with E-state index in [4.69, 9.17) is 16.3 Å². The zero-order valence-corrected chi connectivity index (χ0v) is 9.60. The van der Waals surface area contributed by atoms with Gasteiger partial charge in [-0.1, -0.05) is 0 Å². The minimum atomic E-state index is -0.130. The van der Waals surface area contributed by atoms with Gasteiger partial charge in [0.2, 0.25) is 11.8 Å². The molecule has 0 fully saturated rings. The third kappa shape index (κ3) is 9.49. The van der Waals surface area contributed by atoms with Crippen LogP contribution in [0.15, 0.2) is 0 Å². The molecule has 0 aliphatic carbocycles. The lowest BCUT2D eigenvalue weighted by Crippen LogP contribution is -2.32. The van der Waals surface area contributed by atoms with Crippen LogP contribution in [-0.4, -0.2) is 44.5 Å². The molecule has 6 heteroatoms. The first-order valence-electron chi connectivity index (χ1n) is 4.79. The largest absolute Gasteiger partial charge is 0.383 e. The molecule has 2 amide bonds. The Morgan fingerprint density at radius 2 is 1.73 bits per heavy atom. The minimum absolute atomic E-state index is 0.0989. The number of hydrogen-bond acceptors (Lipinski definition) is 3. The number of nitrogens with one attached hydrogen (secondary N) is 2. The second-order valence-electron chi connectivity index (χ2n) is 2.88. The van der Waals surface area contributed by atoms with Crippen molar-refractivity contribution in [1.29, 1.82) is 0 Å². The average molecular weight is 237 g/mol. The van der Waals surface area contributed by atoms with Crippen LogP contribution in [-0.2, 0) is 14.3 Å². The van der Waals surface area contributed by atoms with Crippen molar-refractivity contribution in [2.75, 3.05) is 32.7 Å². The molecule has 5 nitrogen and oxygen atoms in total. The van der Waals surface area contributed by atoms with Crippen LogP contribution in [0.2, 0.25) is 0 Å². The number of carbonyl (C=O) groups excluding carboxylic acids is 2. The van der Waals surface area contributed by atoms with Crippen LogP contribution in [0.4, 0.5) is 0 Å². The number of rotatable bonds is 8. The van der Waals surface area contributed by atoms with Crippen molar-refractivity contribution in [1.82, 2.24) is 10.6 Å². The quantitative estimate of drug-likeness (QED) is 0.456. The molecular weight excluding hydrogens is 220 g/mol. The third-order valence-electron chi connectivity index (χ3n) is 1.62. The Kier molecular flexibility index (Phi) is 9.21. The van der Waals surface area contributed by atoms with Crippen molar-refractivity contribution in [3.8, 4) is 0 Å². The number of halogens is 1. The van der Waals surface area contributed by atoms with Crippen molar-refractivity contribution in [2.24, 2.45) is 0 Å². The molecule has 0 aliphatic heterocycles. The topological polar surface area (TPSA) is 67.4 Å². The molecule has 0 rings (SSSR count). The van der Waals surface area contributed by atoms with Crippen LogP contribution in [0.5, 0.6) is 0 Å². The van der Waals surface area contributed by atoms with Gasteiger partial charge in [0.05, 0.1) is 6.61 Å². The molecular formula is C9H17ClN2O3. The number of amides is 2. The van der Waals surface area contributed by atoms with Gasteiger partial charge in [-0.25, -0.2) is 0 Å². The molecule has 0 aromatic carbocycles. The van der Waals surface area contributed by atoms with Crippen LogP contribution < -0.4 is 10.6 Å². The predicted molar refractivity (Wildman–Crippen MR) is 57.8 cm³/mol. The number of hydrogen-bond donors (Lipinski definition) is 2. The zero-order chi connectivity index (χ0) is 11.5. The van der Waals surface area contributed by atoms with Gasteiger partial charge in [-0.05, 0) is 0 Å². The maximum Gasteiger partial charge on any atom is 0.221 e. The van der Waals surface area contributed by atoms with Gasteiger partial charge in [-0.15, -0.1) is 11.6 Å². The standard InChI is InChI=1S/C9H17ClN2O3/c1-15-7-6-12-9(14)3-5-11-8(13)2-4-10/h2-7H2,1H3,(H,11,13)(H,12,14). The first kappa shape index (κ1) is 14.2. The number of alkyl halides is 1. The van der Waals surface area contributed by atoms with Crippen LogP contribution in [0.25, 0.3) is 0 Å². The Hall–Kier alpha value is -0.810. The van der Waals surface area contributed by atoms with E-state index in [1.54, 1.807) is 7.11 Å². The summed E-state index contributed by atoms with van der Waals surface area (Å²) >= 11 is 5.37. The maximum absolute atomic E-state index is 11.1. The van der Waals surface area contributed by atoms with Crippen molar-refractivity contribution in [2.45, 2.75) is 12.8 Å². The molecule has 0 bridgehead atoms. The van der Waals surface area contributed by atoms with Gasteiger partial charge in [0, 0.05) is 38.9 Å². The van der Waals surface area contributed by atoms with Gasteiger partial charge >= 0.3 is 0 Å². The SMILES string of the molecule is COCCNC(=O)CCNC(=O)CCCl. The van der Waals surface area contributed by atoms with Gasteiger partial charge in [0.25, 0.3) is 0 Å². The van der Waals surface area contributed by atoms with Crippen LogP contribution >= 0.6 is 11.6 Å². The van der Waals surface area contributed by atoms with Crippen LogP contribution in [0, 0.1) is 0 Å². The summed E-state index contributed by atoms with van der Waals surface area (Å²) in [6.45, 7) is 1.32. The highest BCUT2D eigenvalue weighted by molar-refractivity contribution is 6.18. The molecule has 0 unspecified atom stereocenters. The zero-order valence-electron chi connectivity index (χ0n) is 8.85. The van der Waals surface area contributed by atoms with Gasteiger partial charge in [-0.3, -0.25) is 9.59 Å². The lowest BCUT2D eigenvalue weighted by atomic mass is 10.3. The van der Waals surface area contributed by atoms with Gasteiger partial charge in [0.1, 0.15) is 0 Å². The van der Waals surface area contributed by atoms with E-state index in [9.17, 15) is 9.59 Å². The molecule has 15 heavy (non-hydrogen) atoms. The Balaban J connectivity index is 3.34. The van der Waals surface area contributed by atoms with E-state index in [1.165, 1.54) is 0 Å². The second-order valence-corrected chi connectivity index (χ2v) is 3.26. The summed E-state index contributed by atoms with van der Waals surface area (Å²) in [5, 5.41) is 5.24. The molecule has 0 saturated carbocycles. The molecule has 0 aliphatic rings. The number of methoxy groups -OCH3 is 1. The van der Waals surface area contributed by atoms with Gasteiger partial charge in [0.15, 0.2) is 0 Å². The Morgan fingerprint density at radius 3 is 2.33 bits per heavy atom. The summed E-state index contributed by atoms with van der Waals surface area (Å²) < 4.78 is 4.77. The average Bonchev–Trinajstić information content (AvgIpc) is 2.18. The fraction of sp³-hybridized carbons (Fsp3) is 0.778. The van der Waals surface area contributed by atoms with Gasteiger partial charge in [-0.2, -0.15) is 0 Å². The first-order chi connectivity index (χ1) is 7.20. The van der Waals surface area contributed by atoms with E-state index in [0.717, 1.165) is 0 Å². The molecule has 2 N–H and O–H groups in total. The van der Waals surface area contributed by atoms with Crippen molar-refractivity contribution in [3.63, 3.8) is 0 Å². The number of ether oxygens (including phenoxy) is 1. The first-order valence-corrected chi connectivity index (χ1v) is 5.32. The molecule has 0 spiro atoms. The summed E-state index contributed by atoms with van der Waals surface area (Å²) in [4.78, 5) is 22.1.